The average Bonchev–Trinajstić information content (AvgIpc) is 2.60. The second kappa shape index (κ2) is 7.50. The third-order valence-corrected chi connectivity index (χ3v) is 7.06. The van der Waals surface area contributed by atoms with Gasteiger partial charge < -0.3 is 0 Å². The third kappa shape index (κ3) is 4.18. The Hall–Kier alpha value is -2.70. The molecule has 1 heterocycles. The van der Waals surface area contributed by atoms with E-state index in [4.69, 9.17) is 3.73 Å². The molecule has 1 unspecified atom stereocenters. The van der Waals surface area contributed by atoms with E-state index in [2.05, 4.69) is 10.6 Å². The maximum atomic E-state index is 12.8. The molecule has 9 heteroatoms. The minimum absolute atomic E-state index is 0.0754. The van der Waals surface area contributed by atoms with E-state index in [1.807, 2.05) is 6.07 Å². The number of amides is 1. The van der Waals surface area contributed by atoms with Gasteiger partial charge in [-0.1, -0.05) is 0 Å². The van der Waals surface area contributed by atoms with Crippen molar-refractivity contribution in [1.29, 1.82) is 0 Å². The van der Waals surface area contributed by atoms with Gasteiger partial charge in [0.05, 0.1) is 0 Å². The zero-order valence-electron chi connectivity index (χ0n) is 14.6. The summed E-state index contributed by atoms with van der Waals surface area (Å²) in [6.45, 7) is 1.92. The second-order valence-corrected chi connectivity index (χ2v) is 9.73. The number of aryl methyl sites for hydroxylation is 1. The SMILES string of the molecule is CC(=O)Nc1cc(O)ccc1[As](=O)(O)OC(=O)c1cccc2c1NCCC2. The van der Waals surface area contributed by atoms with E-state index < -0.39 is 26.0 Å². The quantitative estimate of drug-likeness (QED) is 0.532. The molecule has 0 aliphatic carbocycles. The molecule has 1 aliphatic heterocycles. The van der Waals surface area contributed by atoms with Crippen LogP contribution >= 0.6 is 0 Å². The Morgan fingerprint density at radius 1 is 1.26 bits per heavy atom. The molecular weight excluding hydrogens is 415 g/mol. The molecule has 0 saturated carbocycles. The molecule has 8 nitrogen and oxygen atoms in total. The van der Waals surface area contributed by atoms with Gasteiger partial charge in [-0.25, -0.2) is 0 Å². The number of anilines is 2. The molecule has 0 bridgehead atoms. The molecule has 0 radical (unpaired) electrons. The van der Waals surface area contributed by atoms with Crippen LogP contribution in [0.25, 0.3) is 0 Å². The number of para-hydroxylation sites is 1. The Labute approximate surface area is 158 Å². The number of carbonyl (C=O) groups is 2. The zero-order chi connectivity index (χ0) is 19.6. The molecule has 0 spiro atoms. The van der Waals surface area contributed by atoms with E-state index in [1.54, 1.807) is 6.07 Å². The molecular formula is C18H19AsN2O6. The number of phenolic OH excluding ortho intramolecular Hbond substituents is 1. The number of rotatable bonds is 4. The number of benzene rings is 2. The number of hydrogen-bond acceptors (Lipinski definition) is 6. The number of aromatic hydroxyl groups is 1. The molecule has 2 aromatic rings. The van der Waals surface area contributed by atoms with Gasteiger partial charge in [0.25, 0.3) is 0 Å². The summed E-state index contributed by atoms with van der Waals surface area (Å²) >= 11 is -5.36. The fourth-order valence-corrected chi connectivity index (χ4v) is 5.28. The summed E-state index contributed by atoms with van der Waals surface area (Å²) in [6.07, 6.45) is 1.73. The molecule has 0 saturated heterocycles. The Morgan fingerprint density at radius 3 is 2.78 bits per heavy atom. The van der Waals surface area contributed by atoms with Gasteiger partial charge in [0, 0.05) is 0 Å². The van der Waals surface area contributed by atoms with E-state index in [0.717, 1.165) is 30.5 Å². The van der Waals surface area contributed by atoms with Crippen molar-refractivity contribution in [2.75, 3.05) is 17.2 Å². The summed E-state index contributed by atoms with van der Waals surface area (Å²) in [4.78, 5) is 23.9. The molecule has 4 N–H and O–H groups in total. The van der Waals surface area contributed by atoms with Crippen LogP contribution in [-0.4, -0.2) is 41.8 Å². The molecule has 3 rings (SSSR count). The summed E-state index contributed by atoms with van der Waals surface area (Å²) in [5.74, 6) is -1.62. The molecule has 1 aliphatic rings. The number of phenols is 1. The van der Waals surface area contributed by atoms with Gasteiger partial charge in [-0.2, -0.15) is 0 Å². The van der Waals surface area contributed by atoms with Crippen molar-refractivity contribution in [2.45, 2.75) is 19.8 Å². The fourth-order valence-electron chi connectivity index (χ4n) is 2.95. The summed E-state index contributed by atoms with van der Waals surface area (Å²) < 4.78 is 28.0. The van der Waals surface area contributed by atoms with Gasteiger partial charge in [-0.15, -0.1) is 0 Å². The predicted molar refractivity (Wildman–Crippen MR) is 99.4 cm³/mol. The standard InChI is InChI=1S/C18H19AsN2O6/c1-11(22)21-16-10-13(23)7-8-15(16)19(25,26)27-18(24)14-6-2-4-12-5-3-9-20-17(12)14/h2,4,6-8,10,20,23H,3,5,9H2,1H3,(H,21,22)(H,25,26). The molecule has 0 fully saturated rings. The Bertz CT molecular complexity index is 959. The first-order chi connectivity index (χ1) is 12.8. The zero-order valence-corrected chi connectivity index (χ0v) is 16.4. The summed E-state index contributed by atoms with van der Waals surface area (Å²) in [5.41, 5.74) is 1.66. The first-order valence-electron chi connectivity index (χ1n) is 8.31. The predicted octanol–water partition coefficient (Wildman–Crippen LogP) is 1.13. The van der Waals surface area contributed by atoms with Gasteiger partial charge in [0.15, 0.2) is 0 Å². The maximum absolute atomic E-state index is 12.8. The van der Waals surface area contributed by atoms with Crippen LogP contribution in [0.2, 0.25) is 0 Å². The van der Waals surface area contributed by atoms with Gasteiger partial charge in [-0.05, 0) is 0 Å². The van der Waals surface area contributed by atoms with Crippen molar-refractivity contribution in [3.63, 3.8) is 0 Å². The van der Waals surface area contributed by atoms with Crippen LogP contribution < -0.4 is 15.0 Å². The molecule has 142 valence electrons. The number of nitrogens with one attached hydrogen (secondary N) is 2. The molecule has 27 heavy (non-hydrogen) atoms. The van der Waals surface area contributed by atoms with Gasteiger partial charge >= 0.3 is 158 Å². The van der Waals surface area contributed by atoms with Gasteiger partial charge in [0.1, 0.15) is 0 Å². The van der Waals surface area contributed by atoms with Gasteiger partial charge in [-0.3, -0.25) is 0 Å². The number of fused-ring (bicyclic) bond motifs is 1. The summed E-state index contributed by atoms with van der Waals surface area (Å²) in [6, 6.07) is 8.58. The van der Waals surface area contributed by atoms with Crippen LogP contribution in [0, 0.1) is 0 Å². The van der Waals surface area contributed by atoms with Gasteiger partial charge in [0.2, 0.25) is 0 Å². The number of carbonyl (C=O) groups excluding carboxylic acids is 2. The Kier molecular flexibility index (Phi) is 5.30. The monoisotopic (exact) mass is 434 g/mol. The first-order valence-corrected chi connectivity index (χ1v) is 11.6. The van der Waals surface area contributed by atoms with Crippen molar-refractivity contribution in [3.05, 3.63) is 47.5 Å². The fraction of sp³-hybridized carbons (Fsp3) is 0.222. The summed E-state index contributed by atoms with van der Waals surface area (Å²) in [5, 5.41) is 15.1. The van der Waals surface area contributed by atoms with E-state index in [9.17, 15) is 22.5 Å². The topological polar surface area (TPSA) is 125 Å². The third-order valence-electron chi connectivity index (χ3n) is 4.10. The van der Waals surface area contributed by atoms with E-state index in [0.29, 0.717) is 12.2 Å². The van der Waals surface area contributed by atoms with E-state index >= 15 is 0 Å². The molecule has 1 atom stereocenters. The van der Waals surface area contributed by atoms with Crippen LogP contribution in [0.4, 0.5) is 11.4 Å². The molecule has 1 amide bonds. The van der Waals surface area contributed by atoms with E-state index in [1.165, 1.54) is 19.1 Å². The van der Waals surface area contributed by atoms with Crippen molar-refractivity contribution in [3.8, 4) is 5.75 Å². The summed E-state index contributed by atoms with van der Waals surface area (Å²) in [7, 11) is 0. The molecule has 0 aromatic heterocycles. The van der Waals surface area contributed by atoms with Crippen LogP contribution in [0.5, 0.6) is 5.75 Å². The number of hydrogen-bond donors (Lipinski definition) is 4. The van der Waals surface area contributed by atoms with E-state index in [-0.39, 0.29) is 21.4 Å². The average molecular weight is 434 g/mol. The minimum atomic E-state index is -5.36. The normalized spacial score (nSPS) is 15.0. The van der Waals surface area contributed by atoms with Crippen LogP contribution in [0.3, 0.4) is 0 Å². The van der Waals surface area contributed by atoms with Crippen molar-refractivity contribution in [2.24, 2.45) is 0 Å². The first kappa shape index (κ1) is 19.1. The molecule has 2 aromatic carbocycles. The Balaban J connectivity index is 1.92. The van der Waals surface area contributed by atoms with Crippen molar-refractivity contribution < 1.29 is 26.3 Å². The second-order valence-electron chi connectivity index (χ2n) is 6.15. The van der Waals surface area contributed by atoms with Crippen molar-refractivity contribution >= 4 is 41.8 Å². The van der Waals surface area contributed by atoms with Crippen LogP contribution in [0.15, 0.2) is 36.4 Å². The Morgan fingerprint density at radius 2 is 2.04 bits per heavy atom. The van der Waals surface area contributed by atoms with Crippen LogP contribution in [0.1, 0.15) is 29.3 Å². The van der Waals surface area contributed by atoms with Crippen LogP contribution in [-0.2, 0) is 18.7 Å². The van der Waals surface area contributed by atoms with Crippen molar-refractivity contribution in [1.82, 2.24) is 0 Å².